The highest BCUT2D eigenvalue weighted by Gasteiger charge is 2.23. The molecule has 11 heteroatoms. The van der Waals surface area contributed by atoms with Gasteiger partial charge in [0, 0.05) is 39.3 Å². The number of ether oxygens (including phenoxy) is 3. The molecule has 0 aliphatic heterocycles. The molecule has 0 saturated carbocycles. The Bertz CT molecular complexity index is 1220. The van der Waals surface area contributed by atoms with Gasteiger partial charge in [-0.05, 0) is 72.1 Å². The SMILES string of the molecule is CN(CCCn1cccc(OCc2ccccc2)c1=O)C(=O)CCC(CNC(=O)OC(C)(C)C)NC(=O)OC(C)(C)C. The first-order valence-corrected chi connectivity index (χ1v) is 14.2. The zero-order valence-corrected chi connectivity index (χ0v) is 25.9. The van der Waals surface area contributed by atoms with E-state index < -0.39 is 29.4 Å². The zero-order valence-electron chi connectivity index (χ0n) is 25.9. The lowest BCUT2D eigenvalue weighted by molar-refractivity contribution is -0.130. The summed E-state index contributed by atoms with van der Waals surface area (Å²) in [6.45, 7) is 11.7. The van der Waals surface area contributed by atoms with E-state index in [1.54, 1.807) is 76.4 Å². The van der Waals surface area contributed by atoms with Gasteiger partial charge in [0.05, 0.1) is 6.04 Å². The summed E-state index contributed by atoms with van der Waals surface area (Å²) in [7, 11) is 1.69. The van der Waals surface area contributed by atoms with Crippen molar-refractivity contribution in [2.24, 2.45) is 0 Å². The summed E-state index contributed by atoms with van der Waals surface area (Å²) < 4.78 is 17.9. The molecule has 0 saturated heterocycles. The van der Waals surface area contributed by atoms with Crippen LogP contribution in [0.25, 0.3) is 0 Å². The van der Waals surface area contributed by atoms with Crippen LogP contribution in [0.3, 0.4) is 0 Å². The molecule has 0 bridgehead atoms. The predicted molar refractivity (Wildman–Crippen MR) is 160 cm³/mol. The molecule has 1 atom stereocenters. The minimum atomic E-state index is -0.696. The fraction of sp³-hybridized carbons (Fsp3) is 0.548. The summed E-state index contributed by atoms with van der Waals surface area (Å²) in [6, 6.07) is 12.5. The molecule has 3 amide bonds. The van der Waals surface area contributed by atoms with E-state index >= 15 is 0 Å². The third-order valence-electron chi connectivity index (χ3n) is 5.86. The summed E-state index contributed by atoms with van der Waals surface area (Å²) in [4.78, 5) is 51.7. The van der Waals surface area contributed by atoms with E-state index in [2.05, 4.69) is 10.6 Å². The molecular formula is C31H46N4O7. The first kappa shape index (κ1) is 34.2. The summed E-state index contributed by atoms with van der Waals surface area (Å²) in [6.07, 6.45) is 1.41. The quantitative estimate of drug-likeness (QED) is 0.354. The monoisotopic (exact) mass is 586 g/mol. The second-order valence-electron chi connectivity index (χ2n) is 12.1. The lowest BCUT2D eigenvalue weighted by atomic mass is 10.1. The number of carbonyl (C=O) groups is 3. The molecule has 1 heterocycles. The molecule has 1 unspecified atom stereocenters. The van der Waals surface area contributed by atoms with Crippen LogP contribution >= 0.6 is 0 Å². The number of nitrogens with zero attached hydrogens (tertiary/aromatic N) is 2. The number of hydrogen-bond donors (Lipinski definition) is 2. The number of aryl methyl sites for hydroxylation is 1. The van der Waals surface area contributed by atoms with E-state index in [1.165, 1.54) is 0 Å². The molecule has 0 fully saturated rings. The summed E-state index contributed by atoms with van der Waals surface area (Å²) in [5.74, 6) is 0.143. The van der Waals surface area contributed by atoms with E-state index in [0.717, 1.165) is 5.56 Å². The van der Waals surface area contributed by atoms with Crippen molar-refractivity contribution in [2.45, 2.75) is 91.2 Å². The van der Waals surface area contributed by atoms with Crippen LogP contribution in [0.2, 0.25) is 0 Å². The molecule has 1 aromatic heterocycles. The highest BCUT2D eigenvalue weighted by atomic mass is 16.6. The number of carbonyl (C=O) groups excluding carboxylic acids is 3. The third-order valence-corrected chi connectivity index (χ3v) is 5.86. The van der Waals surface area contributed by atoms with Crippen LogP contribution in [0.4, 0.5) is 9.59 Å². The first-order valence-electron chi connectivity index (χ1n) is 14.2. The van der Waals surface area contributed by atoms with Crippen LogP contribution in [0.1, 0.15) is 66.4 Å². The molecule has 2 rings (SSSR count). The van der Waals surface area contributed by atoms with E-state index in [9.17, 15) is 19.2 Å². The second kappa shape index (κ2) is 15.8. The zero-order chi connectivity index (χ0) is 31.3. The van der Waals surface area contributed by atoms with Gasteiger partial charge in [-0.25, -0.2) is 9.59 Å². The number of hydrogen-bond acceptors (Lipinski definition) is 7. The molecule has 0 radical (unpaired) electrons. The third kappa shape index (κ3) is 13.6. The Morgan fingerprint density at radius 1 is 0.929 bits per heavy atom. The van der Waals surface area contributed by atoms with Crippen molar-refractivity contribution in [3.05, 3.63) is 64.6 Å². The number of pyridine rings is 1. The van der Waals surface area contributed by atoms with Gasteiger partial charge >= 0.3 is 12.2 Å². The Morgan fingerprint density at radius 3 is 2.21 bits per heavy atom. The van der Waals surface area contributed by atoms with E-state index in [0.29, 0.717) is 26.1 Å². The maximum Gasteiger partial charge on any atom is 0.407 e. The number of alkyl carbamates (subject to hydrolysis) is 2. The Labute approximate surface area is 248 Å². The van der Waals surface area contributed by atoms with Gasteiger partial charge in [-0.2, -0.15) is 0 Å². The molecule has 1 aromatic carbocycles. The molecular weight excluding hydrogens is 540 g/mol. The van der Waals surface area contributed by atoms with E-state index in [4.69, 9.17) is 14.2 Å². The fourth-order valence-corrected chi connectivity index (χ4v) is 3.85. The number of rotatable bonds is 13. The normalized spacial score (nSPS) is 12.2. The second-order valence-corrected chi connectivity index (χ2v) is 12.1. The molecule has 0 aliphatic rings. The van der Waals surface area contributed by atoms with Crippen molar-refractivity contribution in [1.82, 2.24) is 20.1 Å². The summed E-state index contributed by atoms with van der Waals surface area (Å²) in [5, 5.41) is 5.37. The van der Waals surface area contributed by atoms with Crippen molar-refractivity contribution >= 4 is 18.1 Å². The van der Waals surface area contributed by atoms with Crippen molar-refractivity contribution in [3.63, 3.8) is 0 Å². The lowest BCUT2D eigenvalue weighted by Crippen LogP contribution is -2.46. The Kier molecular flexibility index (Phi) is 12.9. The van der Waals surface area contributed by atoms with E-state index in [1.807, 2.05) is 30.3 Å². The minimum Gasteiger partial charge on any atom is -0.483 e. The van der Waals surface area contributed by atoms with Crippen molar-refractivity contribution in [2.75, 3.05) is 20.1 Å². The smallest absolute Gasteiger partial charge is 0.407 e. The minimum absolute atomic E-state index is 0.0662. The molecule has 0 spiro atoms. The van der Waals surface area contributed by atoms with Crippen molar-refractivity contribution < 1.29 is 28.6 Å². The molecule has 11 nitrogen and oxygen atoms in total. The summed E-state index contributed by atoms with van der Waals surface area (Å²) >= 11 is 0. The largest absolute Gasteiger partial charge is 0.483 e. The molecule has 2 N–H and O–H groups in total. The van der Waals surface area contributed by atoms with Crippen LogP contribution < -0.4 is 20.9 Å². The Hall–Kier alpha value is -4.02. The van der Waals surface area contributed by atoms with Crippen LogP contribution in [0, 0.1) is 0 Å². The predicted octanol–water partition coefficient (Wildman–Crippen LogP) is 4.47. The van der Waals surface area contributed by atoms with Gasteiger partial charge in [0.1, 0.15) is 17.8 Å². The van der Waals surface area contributed by atoms with Crippen LogP contribution in [-0.4, -0.2) is 64.9 Å². The number of aromatic nitrogens is 1. The number of nitrogens with one attached hydrogen (secondary N) is 2. The highest BCUT2D eigenvalue weighted by Crippen LogP contribution is 2.10. The fourth-order valence-electron chi connectivity index (χ4n) is 3.85. The lowest BCUT2D eigenvalue weighted by Gasteiger charge is -2.25. The molecule has 232 valence electrons. The standard InChI is InChI=1S/C31H46N4O7/c1-30(2,3)41-28(38)32-21-24(33-29(39)42-31(4,5)6)16-17-26(36)34(7)18-12-20-35-19-11-15-25(27(35)37)40-22-23-13-9-8-10-14-23/h8-11,13-15,19,24H,12,16-18,20-22H2,1-7H3,(H,32,38)(H,33,39). The topological polar surface area (TPSA) is 128 Å². The number of amides is 3. The van der Waals surface area contributed by atoms with Crippen molar-refractivity contribution in [3.8, 4) is 5.75 Å². The average Bonchev–Trinajstić information content (AvgIpc) is 2.88. The maximum absolute atomic E-state index is 12.9. The molecule has 0 aliphatic carbocycles. The van der Waals surface area contributed by atoms with Gasteiger partial charge in [0.25, 0.3) is 5.56 Å². The first-order chi connectivity index (χ1) is 19.6. The summed E-state index contributed by atoms with van der Waals surface area (Å²) in [5.41, 5.74) is -0.621. The highest BCUT2D eigenvalue weighted by molar-refractivity contribution is 5.76. The van der Waals surface area contributed by atoms with Gasteiger partial charge in [0.15, 0.2) is 5.75 Å². The van der Waals surface area contributed by atoms with Crippen LogP contribution in [-0.2, 0) is 27.4 Å². The van der Waals surface area contributed by atoms with Crippen molar-refractivity contribution in [1.29, 1.82) is 0 Å². The Balaban J connectivity index is 1.87. The maximum atomic E-state index is 12.9. The van der Waals surface area contributed by atoms with Gasteiger partial charge in [-0.1, -0.05) is 30.3 Å². The average molecular weight is 587 g/mol. The van der Waals surface area contributed by atoms with E-state index in [-0.39, 0.29) is 36.6 Å². The molecule has 2 aromatic rings. The van der Waals surface area contributed by atoms with Gasteiger partial charge in [-0.3, -0.25) is 9.59 Å². The van der Waals surface area contributed by atoms with Crippen LogP contribution in [0.15, 0.2) is 53.5 Å². The number of benzene rings is 1. The molecule has 42 heavy (non-hydrogen) atoms. The van der Waals surface area contributed by atoms with Gasteiger partial charge < -0.3 is 34.3 Å². The Morgan fingerprint density at radius 2 is 1.57 bits per heavy atom. The van der Waals surface area contributed by atoms with Gasteiger partial charge in [-0.15, -0.1) is 0 Å². The van der Waals surface area contributed by atoms with Crippen LogP contribution in [0.5, 0.6) is 5.75 Å². The van der Waals surface area contributed by atoms with Gasteiger partial charge in [0.2, 0.25) is 5.91 Å².